The molecule has 6 aromatic heterocycles. The van der Waals surface area contributed by atoms with Crippen molar-refractivity contribution in [2.45, 2.75) is 0 Å². The van der Waals surface area contributed by atoms with Crippen molar-refractivity contribution in [3.8, 4) is 79.2 Å². The molecule has 0 atom stereocenters. The molecule has 0 bridgehead atoms. The fourth-order valence-electron chi connectivity index (χ4n) is 15.8. The highest BCUT2D eigenvalue weighted by atomic mass is 15.2. The summed E-state index contributed by atoms with van der Waals surface area (Å²) in [6, 6.07) is 129. The smallest absolute Gasteiger partial charge is 0.235 e. The predicted molar refractivity (Wildman–Crippen MR) is 424 cm³/mol. The second kappa shape index (κ2) is 24.0. The fraction of sp³-hybridized carbons (Fsp3) is 0. The lowest BCUT2D eigenvalue weighted by Crippen LogP contribution is -2.03. The van der Waals surface area contributed by atoms with Crippen molar-refractivity contribution in [3.63, 3.8) is 0 Å². The van der Waals surface area contributed by atoms with Gasteiger partial charge in [0.05, 0.1) is 66.6 Å². The van der Waals surface area contributed by atoms with Gasteiger partial charge in [-0.2, -0.15) is 0 Å². The molecular formula is C94H60N8. The lowest BCUT2D eigenvalue weighted by atomic mass is 9.98. The summed E-state index contributed by atoms with van der Waals surface area (Å²) < 4.78 is 9.37. The van der Waals surface area contributed by atoms with Crippen LogP contribution in [-0.4, -0.2) is 38.2 Å². The molecule has 8 nitrogen and oxygen atoms in total. The van der Waals surface area contributed by atoms with Gasteiger partial charge in [-0.25, -0.2) is 19.9 Å². The molecule has 6 heterocycles. The molecule has 15 aromatic carbocycles. The Morgan fingerprint density at radius 2 is 0.569 bits per heavy atom. The van der Waals surface area contributed by atoms with Crippen LogP contribution in [-0.2, 0) is 0 Å². The second-order valence-electron chi connectivity index (χ2n) is 26.0. The first-order chi connectivity index (χ1) is 50.6. The minimum Gasteiger partial charge on any atom is -0.309 e. The molecular weight excluding hydrogens is 1240 g/mol. The molecule has 21 rings (SSSR count). The number of nitrogens with zero attached hydrogens (tertiary/aromatic N) is 8. The molecule has 0 spiro atoms. The van der Waals surface area contributed by atoms with Crippen LogP contribution in [0.2, 0.25) is 0 Å². The number of hydrogen-bond acceptors (Lipinski definition) is 4. The first kappa shape index (κ1) is 58.3. The summed E-state index contributed by atoms with van der Waals surface area (Å²) in [7, 11) is 0. The first-order valence-corrected chi connectivity index (χ1v) is 34.6. The Labute approximate surface area is 586 Å². The fourth-order valence-corrected chi connectivity index (χ4v) is 15.8. The molecule has 0 saturated heterocycles. The van der Waals surface area contributed by atoms with Gasteiger partial charge in [-0.05, 0) is 125 Å². The van der Waals surface area contributed by atoms with E-state index < -0.39 is 0 Å². The SMILES string of the molecule is c1ccc(-c2nc(-c3cccc(-n4c5ccccc5c5c(-c6ccc7c(c6)c6ccccc6n7-c6ccccc6)cccc54)c3)nc3ccccc23)cc1.c1ccc(-c2nc(-n3c4ccccc4c4ccc(-c5cccc6c5c5ccccc5n6-c5ccccc5)cc43)nc3ccccc23)cc1. The number of aromatic nitrogens is 8. The van der Waals surface area contributed by atoms with Crippen LogP contribution in [0.15, 0.2) is 364 Å². The Balaban J connectivity index is 0.000000138. The van der Waals surface area contributed by atoms with Crippen molar-refractivity contribution in [2.75, 3.05) is 0 Å². The second-order valence-corrected chi connectivity index (χ2v) is 26.0. The third kappa shape index (κ3) is 9.53. The Bertz CT molecular complexity index is 6870. The van der Waals surface area contributed by atoms with Crippen molar-refractivity contribution in [1.82, 2.24) is 38.2 Å². The van der Waals surface area contributed by atoms with Gasteiger partial charge in [0.25, 0.3) is 0 Å². The van der Waals surface area contributed by atoms with Gasteiger partial charge in [-0.3, -0.25) is 4.57 Å². The van der Waals surface area contributed by atoms with Crippen LogP contribution in [0.1, 0.15) is 0 Å². The topological polar surface area (TPSA) is 71.3 Å². The van der Waals surface area contributed by atoms with Crippen LogP contribution in [0.25, 0.3) is 188 Å². The van der Waals surface area contributed by atoms with Crippen molar-refractivity contribution < 1.29 is 0 Å². The van der Waals surface area contributed by atoms with E-state index in [1.807, 2.05) is 24.3 Å². The third-order valence-corrected chi connectivity index (χ3v) is 20.2. The molecule has 0 fully saturated rings. The van der Waals surface area contributed by atoms with Crippen LogP contribution in [0, 0.1) is 0 Å². The summed E-state index contributed by atoms with van der Waals surface area (Å²) in [5.41, 5.74) is 24.2. The maximum atomic E-state index is 5.29. The number of rotatable bonds is 9. The van der Waals surface area contributed by atoms with E-state index >= 15 is 0 Å². The highest BCUT2D eigenvalue weighted by Gasteiger charge is 2.23. The Morgan fingerprint density at radius 3 is 1.16 bits per heavy atom. The molecule has 102 heavy (non-hydrogen) atoms. The van der Waals surface area contributed by atoms with E-state index in [0.29, 0.717) is 11.8 Å². The molecule has 0 saturated carbocycles. The van der Waals surface area contributed by atoms with Gasteiger partial charge in [0.2, 0.25) is 5.95 Å². The monoisotopic (exact) mass is 1300 g/mol. The molecule has 0 amide bonds. The summed E-state index contributed by atoms with van der Waals surface area (Å²) in [6.07, 6.45) is 0. The zero-order valence-corrected chi connectivity index (χ0v) is 55.2. The molecule has 0 radical (unpaired) electrons. The highest BCUT2D eigenvalue weighted by molar-refractivity contribution is 6.19. The lowest BCUT2D eigenvalue weighted by Gasteiger charge is -2.12. The molecule has 0 aliphatic carbocycles. The van der Waals surface area contributed by atoms with E-state index in [4.69, 9.17) is 19.9 Å². The first-order valence-electron chi connectivity index (χ1n) is 34.6. The molecule has 0 N–H and O–H groups in total. The molecule has 0 aliphatic rings. The number of para-hydroxylation sites is 8. The van der Waals surface area contributed by atoms with Crippen LogP contribution < -0.4 is 0 Å². The largest absolute Gasteiger partial charge is 0.309 e. The van der Waals surface area contributed by atoms with E-state index in [-0.39, 0.29) is 0 Å². The van der Waals surface area contributed by atoms with Gasteiger partial charge in [0, 0.05) is 87.6 Å². The van der Waals surface area contributed by atoms with Gasteiger partial charge < -0.3 is 13.7 Å². The van der Waals surface area contributed by atoms with Crippen LogP contribution in [0.3, 0.4) is 0 Å². The van der Waals surface area contributed by atoms with Gasteiger partial charge in [-0.15, -0.1) is 0 Å². The zero-order valence-electron chi connectivity index (χ0n) is 55.2. The number of benzene rings is 15. The minimum absolute atomic E-state index is 0.662. The maximum Gasteiger partial charge on any atom is 0.235 e. The van der Waals surface area contributed by atoms with Crippen LogP contribution >= 0.6 is 0 Å². The van der Waals surface area contributed by atoms with E-state index in [0.717, 1.165) is 94.6 Å². The zero-order chi connectivity index (χ0) is 67.2. The molecule has 476 valence electrons. The van der Waals surface area contributed by atoms with Crippen molar-refractivity contribution in [1.29, 1.82) is 0 Å². The van der Waals surface area contributed by atoms with E-state index in [1.54, 1.807) is 0 Å². The summed E-state index contributed by atoms with van der Waals surface area (Å²) >= 11 is 0. The maximum absolute atomic E-state index is 5.29. The summed E-state index contributed by atoms with van der Waals surface area (Å²) in [5, 5.41) is 11.8. The van der Waals surface area contributed by atoms with Gasteiger partial charge in [0.1, 0.15) is 0 Å². The normalized spacial score (nSPS) is 11.7. The molecule has 21 aromatic rings. The molecule has 0 unspecified atom stereocenters. The van der Waals surface area contributed by atoms with Gasteiger partial charge >= 0.3 is 0 Å². The third-order valence-electron chi connectivity index (χ3n) is 20.2. The van der Waals surface area contributed by atoms with Gasteiger partial charge in [0.15, 0.2) is 5.82 Å². The van der Waals surface area contributed by atoms with E-state index in [2.05, 4.69) is 358 Å². The molecule has 8 heteroatoms. The predicted octanol–water partition coefficient (Wildman–Crippen LogP) is 24.0. The van der Waals surface area contributed by atoms with Crippen molar-refractivity contribution in [2.24, 2.45) is 0 Å². The summed E-state index contributed by atoms with van der Waals surface area (Å²) in [6.45, 7) is 0. The average molecular weight is 1300 g/mol. The van der Waals surface area contributed by atoms with Gasteiger partial charge in [-0.1, -0.05) is 261 Å². The quantitative estimate of drug-likeness (QED) is 0.144. The summed E-state index contributed by atoms with van der Waals surface area (Å²) in [5.74, 6) is 1.37. The standard InChI is InChI=1S/C50H32N4.C44H28N4/c1-3-15-33(16-4-1)49-40-22-7-10-25-43(40)51-50(52-49)35-17-13-20-37(31-35)54-45-27-12-9-23-41(45)48-38(24-14-28-47(48)54)34-29-30-46-42(32-34)39-21-8-11-26-44(39)53(46)36-18-5-2-6-19-36;1-3-14-29(15-4-1)43-35-19-7-10-22-37(35)45-44(46-43)48-38-23-11-8-18-33(38)34-27-26-30(28-41(34)48)32-21-13-25-40-42(32)36-20-9-12-24-39(36)47(40)31-16-5-2-6-17-31/h1-32H;1-28H. The lowest BCUT2D eigenvalue weighted by molar-refractivity contribution is 1.01. The number of hydrogen-bond donors (Lipinski definition) is 0. The summed E-state index contributed by atoms with van der Waals surface area (Å²) in [4.78, 5) is 20.7. The van der Waals surface area contributed by atoms with E-state index in [9.17, 15) is 0 Å². The van der Waals surface area contributed by atoms with Crippen LogP contribution in [0.4, 0.5) is 0 Å². The van der Waals surface area contributed by atoms with E-state index in [1.165, 1.54) is 81.8 Å². The number of fused-ring (bicyclic) bond motifs is 14. The average Bonchev–Trinajstić information content (AvgIpc) is 1.57. The van der Waals surface area contributed by atoms with Crippen molar-refractivity contribution in [3.05, 3.63) is 364 Å². The Kier molecular flexibility index (Phi) is 13.7. The van der Waals surface area contributed by atoms with Crippen molar-refractivity contribution >= 4 is 109 Å². The Morgan fingerprint density at radius 1 is 0.186 bits per heavy atom. The molecule has 0 aliphatic heterocycles. The van der Waals surface area contributed by atoms with Crippen LogP contribution in [0.5, 0.6) is 0 Å². The minimum atomic E-state index is 0.662. The highest BCUT2D eigenvalue weighted by Crippen LogP contribution is 2.45. The Hall–Kier alpha value is -13.8.